The van der Waals surface area contributed by atoms with Crippen LogP contribution in [-0.2, 0) is 9.09 Å². The average molecular weight is 232 g/mol. The van der Waals surface area contributed by atoms with Crippen molar-refractivity contribution in [3.8, 4) is 0 Å². The van der Waals surface area contributed by atoms with E-state index in [1.165, 1.54) is 0 Å². The second-order valence-corrected chi connectivity index (χ2v) is 3.83. The van der Waals surface area contributed by atoms with Crippen molar-refractivity contribution >= 4 is 7.82 Å². The lowest BCUT2D eigenvalue weighted by Crippen LogP contribution is -2.41. The molecular formula is C5H13O8P. The van der Waals surface area contributed by atoms with Gasteiger partial charge in [-0.15, -0.1) is 0 Å². The number of aliphatic hydroxyl groups is 4. The molecule has 0 aromatic rings. The van der Waals surface area contributed by atoms with Gasteiger partial charge < -0.3 is 30.2 Å². The van der Waals surface area contributed by atoms with Crippen LogP contribution in [0.2, 0.25) is 0 Å². The van der Waals surface area contributed by atoms with E-state index in [0.29, 0.717) is 0 Å². The molecule has 0 spiro atoms. The minimum absolute atomic E-state index is 0.784. The van der Waals surface area contributed by atoms with E-state index in [9.17, 15) is 4.57 Å². The number of hydrogen-bond acceptors (Lipinski definition) is 6. The first-order valence-electron chi connectivity index (χ1n) is 3.63. The van der Waals surface area contributed by atoms with Crippen molar-refractivity contribution in [1.29, 1.82) is 0 Å². The van der Waals surface area contributed by atoms with Crippen LogP contribution < -0.4 is 0 Å². The van der Waals surface area contributed by atoms with Crippen molar-refractivity contribution < 1.29 is 39.3 Å². The van der Waals surface area contributed by atoms with Gasteiger partial charge in [-0.3, -0.25) is 4.52 Å². The van der Waals surface area contributed by atoms with E-state index in [2.05, 4.69) is 4.52 Å². The highest BCUT2D eigenvalue weighted by atomic mass is 31.2. The van der Waals surface area contributed by atoms with Crippen LogP contribution >= 0.6 is 7.82 Å². The van der Waals surface area contributed by atoms with Crippen LogP contribution in [0.1, 0.15) is 0 Å². The van der Waals surface area contributed by atoms with Gasteiger partial charge in [-0.1, -0.05) is 0 Å². The molecule has 0 fully saturated rings. The molecule has 86 valence electrons. The Bertz CT molecular complexity index is 202. The average Bonchev–Trinajstić information content (AvgIpc) is 2.10. The summed E-state index contributed by atoms with van der Waals surface area (Å²) in [5.74, 6) is 0. The highest BCUT2D eigenvalue weighted by molar-refractivity contribution is 7.46. The number of rotatable bonds is 6. The fourth-order valence-corrected chi connectivity index (χ4v) is 0.983. The summed E-state index contributed by atoms with van der Waals surface area (Å²) in [6, 6.07) is 0. The molecule has 0 aliphatic carbocycles. The molecule has 0 aromatic carbocycles. The van der Waals surface area contributed by atoms with Gasteiger partial charge >= 0.3 is 7.82 Å². The molecule has 0 heterocycles. The summed E-state index contributed by atoms with van der Waals surface area (Å²) in [6.07, 6.45) is -5.01. The van der Waals surface area contributed by atoms with Crippen LogP contribution in [0.3, 0.4) is 0 Å². The standard InChI is InChI=1S/C5H13O8P/c6-1-3(7)5(9)4(8)2-13-14(10,11)12/h3-9H,1-2H2,(H2,10,11,12)/t3-,4-,5+/m1/s1. The van der Waals surface area contributed by atoms with Crippen LogP contribution in [-0.4, -0.2) is 61.7 Å². The fourth-order valence-electron chi connectivity index (χ4n) is 0.636. The fraction of sp³-hybridized carbons (Fsp3) is 1.00. The summed E-state index contributed by atoms with van der Waals surface area (Å²) in [7, 11) is -4.71. The summed E-state index contributed by atoms with van der Waals surface area (Å²) in [6.45, 7) is -1.63. The normalized spacial score (nSPS) is 19.0. The monoisotopic (exact) mass is 232 g/mol. The van der Waals surface area contributed by atoms with E-state index in [1.807, 2.05) is 0 Å². The molecule has 0 saturated carbocycles. The van der Waals surface area contributed by atoms with Crippen molar-refractivity contribution in [2.45, 2.75) is 18.3 Å². The number of aliphatic hydroxyl groups excluding tert-OH is 4. The maximum atomic E-state index is 10.2. The number of hydrogen-bond donors (Lipinski definition) is 6. The maximum Gasteiger partial charge on any atom is 0.469 e. The third kappa shape index (κ3) is 5.63. The molecule has 0 unspecified atom stereocenters. The topological polar surface area (TPSA) is 148 Å². The van der Waals surface area contributed by atoms with Gasteiger partial charge in [-0.25, -0.2) is 4.57 Å². The third-order valence-electron chi connectivity index (χ3n) is 1.39. The van der Waals surface area contributed by atoms with Crippen LogP contribution in [0.15, 0.2) is 0 Å². The lowest BCUT2D eigenvalue weighted by molar-refractivity contribution is -0.0891. The summed E-state index contributed by atoms with van der Waals surface area (Å²) in [4.78, 5) is 16.5. The lowest BCUT2D eigenvalue weighted by atomic mass is 10.1. The van der Waals surface area contributed by atoms with Gasteiger partial charge in [0.05, 0.1) is 13.2 Å². The second-order valence-electron chi connectivity index (χ2n) is 2.59. The summed E-state index contributed by atoms with van der Waals surface area (Å²) >= 11 is 0. The molecule has 0 rings (SSSR count). The molecule has 0 amide bonds. The first kappa shape index (κ1) is 13.9. The predicted molar refractivity (Wildman–Crippen MR) is 43.1 cm³/mol. The van der Waals surface area contributed by atoms with Crippen LogP contribution in [0.5, 0.6) is 0 Å². The van der Waals surface area contributed by atoms with Gasteiger partial charge in [-0.05, 0) is 0 Å². The van der Waals surface area contributed by atoms with E-state index in [4.69, 9.17) is 30.2 Å². The maximum absolute atomic E-state index is 10.2. The highest BCUT2D eigenvalue weighted by Crippen LogP contribution is 2.35. The minimum atomic E-state index is -4.71. The van der Waals surface area contributed by atoms with Gasteiger partial charge in [0.25, 0.3) is 0 Å². The Hall–Kier alpha value is -0.0500. The zero-order valence-electron chi connectivity index (χ0n) is 7.09. The van der Waals surface area contributed by atoms with Gasteiger partial charge in [0.2, 0.25) is 0 Å². The molecule has 3 atom stereocenters. The van der Waals surface area contributed by atoms with Crippen molar-refractivity contribution in [2.24, 2.45) is 0 Å². The highest BCUT2D eigenvalue weighted by Gasteiger charge is 2.26. The molecule has 6 N–H and O–H groups in total. The predicted octanol–water partition coefficient (Wildman–Crippen LogP) is -2.83. The zero-order valence-corrected chi connectivity index (χ0v) is 7.99. The van der Waals surface area contributed by atoms with E-state index in [-0.39, 0.29) is 0 Å². The first-order valence-corrected chi connectivity index (χ1v) is 5.16. The van der Waals surface area contributed by atoms with E-state index < -0.39 is 39.3 Å². The van der Waals surface area contributed by atoms with E-state index in [1.54, 1.807) is 0 Å². The molecule has 0 aliphatic rings. The Morgan fingerprint density at radius 1 is 1.14 bits per heavy atom. The Kier molecular flexibility index (Phi) is 5.72. The smallest absolute Gasteiger partial charge is 0.394 e. The Labute approximate surface area is 79.6 Å². The van der Waals surface area contributed by atoms with Crippen molar-refractivity contribution in [1.82, 2.24) is 0 Å². The van der Waals surface area contributed by atoms with Crippen molar-refractivity contribution in [3.05, 3.63) is 0 Å². The van der Waals surface area contributed by atoms with Crippen LogP contribution in [0, 0.1) is 0 Å². The lowest BCUT2D eigenvalue weighted by Gasteiger charge is -2.21. The SMILES string of the molecule is O=P(O)(O)OC[C@@H](O)[C@@H](O)[C@H](O)CO. The second kappa shape index (κ2) is 5.74. The summed E-state index contributed by atoms with van der Waals surface area (Å²) < 4.78 is 14.0. The molecule has 0 bridgehead atoms. The van der Waals surface area contributed by atoms with Gasteiger partial charge in [0.1, 0.15) is 18.3 Å². The van der Waals surface area contributed by atoms with E-state index in [0.717, 1.165) is 0 Å². The number of phosphoric acid groups is 1. The van der Waals surface area contributed by atoms with Gasteiger partial charge in [0, 0.05) is 0 Å². The molecule has 8 nitrogen and oxygen atoms in total. The van der Waals surface area contributed by atoms with E-state index >= 15 is 0 Å². The first-order chi connectivity index (χ1) is 6.28. The molecule has 14 heavy (non-hydrogen) atoms. The van der Waals surface area contributed by atoms with Crippen molar-refractivity contribution in [3.63, 3.8) is 0 Å². The molecule has 0 saturated heterocycles. The Balaban J connectivity index is 3.96. The largest absolute Gasteiger partial charge is 0.469 e. The minimum Gasteiger partial charge on any atom is -0.394 e. The summed E-state index contributed by atoms with van der Waals surface area (Å²) in [5, 5.41) is 35.2. The van der Waals surface area contributed by atoms with Gasteiger partial charge in [-0.2, -0.15) is 0 Å². The molecule has 0 radical (unpaired) electrons. The molecule has 0 aliphatic heterocycles. The van der Waals surface area contributed by atoms with Crippen molar-refractivity contribution in [2.75, 3.05) is 13.2 Å². The Morgan fingerprint density at radius 2 is 1.64 bits per heavy atom. The zero-order chi connectivity index (χ0) is 11.4. The van der Waals surface area contributed by atoms with Crippen LogP contribution in [0.4, 0.5) is 0 Å². The summed E-state index contributed by atoms with van der Waals surface area (Å²) in [5.41, 5.74) is 0. The third-order valence-corrected chi connectivity index (χ3v) is 1.87. The molecule has 0 aromatic heterocycles. The Morgan fingerprint density at radius 3 is 2.00 bits per heavy atom. The molecule has 9 heteroatoms. The van der Waals surface area contributed by atoms with Gasteiger partial charge in [0.15, 0.2) is 0 Å². The molecular weight excluding hydrogens is 219 g/mol. The quantitative estimate of drug-likeness (QED) is 0.268. The number of phosphoric ester groups is 1. The van der Waals surface area contributed by atoms with Crippen LogP contribution in [0.25, 0.3) is 0 Å².